The van der Waals surface area contributed by atoms with Gasteiger partial charge in [0.15, 0.2) is 15.9 Å². The van der Waals surface area contributed by atoms with E-state index < -0.39 is 17.2 Å². The molecule has 7 nitrogen and oxygen atoms in total. The van der Waals surface area contributed by atoms with Crippen molar-refractivity contribution < 1.29 is 14.0 Å². The molecule has 3 aromatic rings. The summed E-state index contributed by atoms with van der Waals surface area (Å²) < 4.78 is 15.7. The fourth-order valence-corrected chi connectivity index (χ4v) is 7.17. The van der Waals surface area contributed by atoms with Crippen LogP contribution in [0, 0.1) is 22.6 Å². The molecule has 0 bridgehead atoms. The van der Waals surface area contributed by atoms with Crippen LogP contribution in [0.5, 0.6) is 0 Å². The summed E-state index contributed by atoms with van der Waals surface area (Å²) in [5, 5.41) is 19.7. The Kier molecular flexibility index (Phi) is 7.77. The van der Waals surface area contributed by atoms with Crippen LogP contribution in [0.2, 0.25) is 10.0 Å². The smallest absolute Gasteiger partial charge is 0.219 e. The van der Waals surface area contributed by atoms with E-state index in [1.54, 1.807) is 29.2 Å². The van der Waals surface area contributed by atoms with E-state index in [0.717, 1.165) is 0 Å². The molecule has 0 amide bonds. The second kappa shape index (κ2) is 11.0. The summed E-state index contributed by atoms with van der Waals surface area (Å²) in [7, 11) is 0. The number of hydrogen-bond donors (Lipinski definition) is 1. The second-order valence-electron chi connectivity index (χ2n) is 10.2. The number of carbonyl (C=O) groups is 2. The minimum Gasteiger partial charge on any atom is -0.384 e. The van der Waals surface area contributed by atoms with Gasteiger partial charge in [0.1, 0.15) is 11.6 Å². The van der Waals surface area contributed by atoms with Crippen molar-refractivity contribution in [1.82, 2.24) is 10.2 Å². The normalized spacial score (nSPS) is 18.6. The Balaban J connectivity index is 1.54. The minimum absolute atomic E-state index is 0.00104. The Morgan fingerprint density at radius 2 is 1.95 bits per heavy atom. The van der Waals surface area contributed by atoms with Crippen molar-refractivity contribution in [1.29, 1.82) is 5.26 Å². The number of ketones is 2. The van der Waals surface area contributed by atoms with Gasteiger partial charge in [-0.3, -0.25) is 14.5 Å². The molecule has 5 rings (SSSR count). The van der Waals surface area contributed by atoms with Gasteiger partial charge in [0.25, 0.3) is 0 Å². The van der Waals surface area contributed by atoms with Crippen molar-refractivity contribution in [3.05, 3.63) is 92.1 Å². The summed E-state index contributed by atoms with van der Waals surface area (Å²) in [4.78, 5) is 27.8. The summed E-state index contributed by atoms with van der Waals surface area (Å²) in [5.74, 6) is -1.84. The lowest BCUT2D eigenvalue weighted by molar-refractivity contribution is -0.118. The van der Waals surface area contributed by atoms with Crippen LogP contribution in [0.3, 0.4) is 0 Å². The van der Waals surface area contributed by atoms with Gasteiger partial charge in [0.05, 0.1) is 23.3 Å². The molecule has 2 N–H and O–H groups in total. The highest BCUT2D eigenvalue weighted by Gasteiger charge is 2.46. The van der Waals surface area contributed by atoms with E-state index in [4.69, 9.17) is 28.9 Å². The molecule has 2 heterocycles. The highest BCUT2D eigenvalue weighted by Crippen LogP contribution is 2.52. The monoisotopic (exact) mass is 613 g/mol. The van der Waals surface area contributed by atoms with Gasteiger partial charge >= 0.3 is 0 Å². The van der Waals surface area contributed by atoms with Gasteiger partial charge in [-0.15, -0.1) is 10.2 Å². The van der Waals surface area contributed by atoms with E-state index in [2.05, 4.69) is 16.3 Å². The van der Waals surface area contributed by atoms with Gasteiger partial charge in [-0.1, -0.05) is 66.2 Å². The maximum Gasteiger partial charge on any atom is 0.219 e. The Morgan fingerprint density at radius 1 is 1.23 bits per heavy atom. The van der Waals surface area contributed by atoms with Crippen LogP contribution in [-0.2, 0) is 4.79 Å². The molecule has 0 saturated carbocycles. The zero-order chi connectivity index (χ0) is 28.8. The van der Waals surface area contributed by atoms with Gasteiger partial charge in [-0.05, 0) is 48.2 Å². The summed E-state index contributed by atoms with van der Waals surface area (Å²) in [5.41, 5.74) is 7.55. The number of benzene rings is 2. The van der Waals surface area contributed by atoms with Crippen LogP contribution < -0.4 is 10.6 Å². The predicted molar refractivity (Wildman–Crippen MR) is 155 cm³/mol. The predicted octanol–water partition coefficient (Wildman–Crippen LogP) is 6.90. The molecule has 204 valence electrons. The van der Waals surface area contributed by atoms with E-state index in [0.29, 0.717) is 32.2 Å². The zero-order valence-electron chi connectivity index (χ0n) is 21.4. The first-order valence-corrected chi connectivity index (χ1v) is 14.7. The maximum absolute atomic E-state index is 15.2. The number of hydrogen-bond acceptors (Lipinski definition) is 9. The van der Waals surface area contributed by atoms with E-state index >= 15 is 4.39 Å². The van der Waals surface area contributed by atoms with Gasteiger partial charge in [-0.25, -0.2) is 4.39 Å². The zero-order valence-corrected chi connectivity index (χ0v) is 24.5. The number of thioether (sulfide) groups is 1. The number of nitriles is 1. The van der Waals surface area contributed by atoms with Gasteiger partial charge < -0.3 is 5.73 Å². The van der Waals surface area contributed by atoms with Crippen LogP contribution >= 0.6 is 46.3 Å². The van der Waals surface area contributed by atoms with Crippen LogP contribution in [0.15, 0.2) is 69.5 Å². The number of allylic oxidation sites excluding steroid dienone is 3. The van der Waals surface area contributed by atoms with Gasteiger partial charge in [0, 0.05) is 38.9 Å². The molecule has 0 saturated heterocycles. The molecular weight excluding hydrogens is 592 g/mol. The molecule has 0 fully saturated rings. The number of nitrogens with zero attached hydrogens (tertiary/aromatic N) is 4. The SMILES string of the molecule is CC1(C)CC(=O)C2=C(C1)N(c1nnc(SCC(=O)c3ccc(Cl)cc3)s1)C(N)=C(C#N)C2c1c(F)cccc1Cl. The Morgan fingerprint density at radius 3 is 2.62 bits per heavy atom. The third-order valence-corrected chi connectivity index (χ3v) is 9.37. The van der Waals surface area contributed by atoms with Crippen molar-refractivity contribution in [3.63, 3.8) is 0 Å². The molecule has 1 aliphatic heterocycles. The minimum atomic E-state index is -1.05. The lowest BCUT2D eigenvalue weighted by Gasteiger charge is -2.42. The average Bonchev–Trinajstić information content (AvgIpc) is 3.35. The molecule has 0 spiro atoms. The average molecular weight is 615 g/mol. The first kappa shape index (κ1) is 28.3. The topological polar surface area (TPSA) is 113 Å². The van der Waals surface area contributed by atoms with Gasteiger partial charge in [0.2, 0.25) is 5.13 Å². The summed E-state index contributed by atoms with van der Waals surface area (Å²) in [6.45, 7) is 3.92. The Bertz CT molecular complexity index is 1620. The highest BCUT2D eigenvalue weighted by atomic mass is 35.5. The fourth-order valence-electron chi connectivity index (χ4n) is 5.00. The lowest BCUT2D eigenvalue weighted by atomic mass is 9.68. The van der Waals surface area contributed by atoms with Crippen LogP contribution in [0.1, 0.15) is 48.5 Å². The first-order chi connectivity index (χ1) is 19.0. The maximum atomic E-state index is 15.2. The van der Waals surface area contributed by atoms with E-state index in [1.165, 1.54) is 41.3 Å². The number of carbonyl (C=O) groups excluding carboxylic acids is 2. The molecule has 1 atom stereocenters. The quantitative estimate of drug-likeness (QED) is 0.236. The second-order valence-corrected chi connectivity index (χ2v) is 13.2. The number of aromatic nitrogens is 2. The number of Topliss-reactive ketones (excluding diaryl/α,β-unsaturated/α-hetero) is 2. The molecule has 1 aromatic heterocycles. The van der Waals surface area contributed by atoms with Crippen molar-refractivity contribution in [2.45, 2.75) is 36.9 Å². The van der Waals surface area contributed by atoms with E-state index in [9.17, 15) is 14.9 Å². The van der Waals surface area contributed by atoms with Gasteiger partial charge in [-0.2, -0.15) is 5.26 Å². The Labute approximate surface area is 248 Å². The molecule has 1 unspecified atom stereocenters. The van der Waals surface area contributed by atoms with Crippen LogP contribution in [-0.4, -0.2) is 27.5 Å². The van der Waals surface area contributed by atoms with Crippen molar-refractivity contribution in [3.8, 4) is 6.07 Å². The third kappa shape index (κ3) is 5.27. The van der Waals surface area contributed by atoms with E-state index in [-0.39, 0.29) is 51.3 Å². The molecule has 1 aliphatic carbocycles. The number of nitrogens with two attached hydrogens (primary N) is 1. The number of anilines is 1. The number of rotatable bonds is 6. The van der Waals surface area contributed by atoms with Crippen LogP contribution in [0.4, 0.5) is 9.52 Å². The van der Waals surface area contributed by atoms with Crippen molar-refractivity contribution in [2.24, 2.45) is 11.1 Å². The fraction of sp³-hybridized carbons (Fsp3) is 0.250. The number of halogens is 3. The highest BCUT2D eigenvalue weighted by molar-refractivity contribution is 8.01. The van der Waals surface area contributed by atoms with E-state index in [1.807, 2.05) is 13.8 Å². The summed E-state index contributed by atoms with van der Waals surface area (Å²) in [6.07, 6.45) is 0.637. The third-order valence-electron chi connectivity index (χ3n) is 6.75. The van der Waals surface area contributed by atoms with Crippen molar-refractivity contribution >= 4 is 63.0 Å². The Hall–Kier alpha value is -3.23. The van der Waals surface area contributed by atoms with Crippen molar-refractivity contribution in [2.75, 3.05) is 10.7 Å². The molecular formula is C28H22Cl2FN5O2S2. The molecule has 40 heavy (non-hydrogen) atoms. The first-order valence-electron chi connectivity index (χ1n) is 12.2. The summed E-state index contributed by atoms with van der Waals surface area (Å²) in [6, 6.07) is 13.0. The molecule has 12 heteroatoms. The lowest BCUT2D eigenvalue weighted by Crippen LogP contribution is -2.42. The molecule has 2 aromatic carbocycles. The standard InChI is InChI=1S/C28H22Cl2FN5O2S2/c1-28(2)10-19-24(20(37)11-28)22(23-17(30)4-3-5-18(23)31)16(12-32)25(33)36(19)26-34-35-27(40-26)39-13-21(38)14-6-8-15(29)9-7-14/h3-9,22H,10-11,13,33H2,1-2H3. The largest absolute Gasteiger partial charge is 0.384 e. The summed E-state index contributed by atoms with van der Waals surface area (Å²) >= 11 is 14.7. The molecule has 0 radical (unpaired) electrons. The van der Waals surface area contributed by atoms with Crippen LogP contribution in [0.25, 0.3) is 0 Å². The molecule has 2 aliphatic rings.